The summed E-state index contributed by atoms with van der Waals surface area (Å²) in [5.41, 5.74) is 8.75. The van der Waals surface area contributed by atoms with Gasteiger partial charge in [-0.25, -0.2) is 0 Å². The van der Waals surface area contributed by atoms with E-state index in [1.54, 1.807) is 0 Å². The van der Waals surface area contributed by atoms with Gasteiger partial charge in [-0.05, 0) is 30.2 Å². The van der Waals surface area contributed by atoms with Crippen LogP contribution >= 0.6 is 0 Å². The average Bonchev–Trinajstić information content (AvgIpc) is 2.31. The average molecular weight is 247 g/mol. The first-order valence-corrected chi connectivity index (χ1v) is 6.50. The number of fused-ring (bicyclic) bond motifs is 1. The van der Waals surface area contributed by atoms with E-state index in [-0.39, 0.29) is 5.91 Å². The third-order valence-electron chi connectivity index (χ3n) is 3.19. The zero-order chi connectivity index (χ0) is 13.1. The molecule has 2 rings (SSSR count). The number of aryl methyl sites for hydroxylation is 1. The molecule has 1 aliphatic heterocycles. The summed E-state index contributed by atoms with van der Waals surface area (Å²) in [6, 6.07) is 6.23. The molecule has 3 N–H and O–H groups in total. The highest BCUT2D eigenvalue weighted by Gasteiger charge is 2.23. The van der Waals surface area contributed by atoms with Crippen molar-refractivity contribution in [2.75, 3.05) is 23.7 Å². The number of hydrogen-bond donors (Lipinski definition) is 2. The van der Waals surface area contributed by atoms with Crippen LogP contribution in [0.4, 0.5) is 11.4 Å². The molecule has 0 saturated carbocycles. The normalized spacial score (nSPS) is 15.1. The first kappa shape index (κ1) is 12.9. The molecule has 98 valence electrons. The lowest BCUT2D eigenvalue weighted by Crippen LogP contribution is -2.41. The number of carbonyl (C=O) groups is 1. The molecule has 4 heteroatoms. The number of amides is 1. The second-order valence-electron chi connectivity index (χ2n) is 5.04. The number of hydrogen-bond acceptors (Lipinski definition) is 3. The van der Waals surface area contributed by atoms with Crippen molar-refractivity contribution >= 4 is 17.3 Å². The van der Waals surface area contributed by atoms with E-state index in [4.69, 9.17) is 5.73 Å². The third kappa shape index (κ3) is 2.82. The quantitative estimate of drug-likeness (QED) is 0.794. The molecule has 0 unspecified atom stereocenters. The fourth-order valence-corrected chi connectivity index (χ4v) is 2.29. The van der Waals surface area contributed by atoms with Gasteiger partial charge in [-0.15, -0.1) is 0 Å². The van der Waals surface area contributed by atoms with Crippen LogP contribution in [-0.4, -0.2) is 25.0 Å². The van der Waals surface area contributed by atoms with Gasteiger partial charge in [0.05, 0.1) is 0 Å². The van der Waals surface area contributed by atoms with Crippen molar-refractivity contribution in [2.24, 2.45) is 0 Å². The van der Waals surface area contributed by atoms with Crippen LogP contribution in [0.25, 0.3) is 0 Å². The zero-order valence-electron chi connectivity index (χ0n) is 11.1. The molecule has 0 bridgehead atoms. The van der Waals surface area contributed by atoms with Gasteiger partial charge in [-0.2, -0.15) is 0 Å². The number of nitrogens with zero attached hydrogens (tertiary/aromatic N) is 1. The molecular weight excluding hydrogens is 226 g/mol. The number of nitrogens with two attached hydrogens (primary N) is 1. The van der Waals surface area contributed by atoms with Crippen molar-refractivity contribution in [1.82, 2.24) is 5.32 Å². The van der Waals surface area contributed by atoms with Crippen LogP contribution in [0.3, 0.4) is 0 Å². The van der Waals surface area contributed by atoms with Crippen LogP contribution in [0.1, 0.15) is 25.8 Å². The number of nitrogen functional groups attached to an aromatic ring is 1. The molecule has 0 atom stereocenters. The van der Waals surface area contributed by atoms with Crippen LogP contribution in [0.2, 0.25) is 0 Å². The largest absolute Gasteiger partial charge is 0.399 e. The topological polar surface area (TPSA) is 58.4 Å². The minimum absolute atomic E-state index is 0.206. The van der Waals surface area contributed by atoms with E-state index in [1.165, 1.54) is 5.56 Å². The molecule has 0 aliphatic carbocycles. The smallest absolute Gasteiger partial charge is 0.227 e. The van der Waals surface area contributed by atoms with E-state index in [1.807, 2.05) is 23.1 Å². The Labute approximate surface area is 108 Å². The second-order valence-corrected chi connectivity index (χ2v) is 5.04. The monoisotopic (exact) mass is 247 g/mol. The molecule has 1 amide bonds. The molecule has 1 aromatic rings. The second kappa shape index (κ2) is 5.40. The highest BCUT2D eigenvalue weighted by atomic mass is 16.2. The Kier molecular flexibility index (Phi) is 3.87. The number of benzene rings is 1. The molecule has 1 heterocycles. The Morgan fingerprint density at radius 1 is 1.39 bits per heavy atom. The Bertz CT molecular complexity index is 443. The molecule has 1 aromatic carbocycles. The first-order valence-electron chi connectivity index (χ1n) is 6.50. The Morgan fingerprint density at radius 2 is 2.17 bits per heavy atom. The van der Waals surface area contributed by atoms with Gasteiger partial charge < -0.3 is 16.0 Å². The molecule has 0 saturated heterocycles. The van der Waals surface area contributed by atoms with Gasteiger partial charge in [-0.3, -0.25) is 4.79 Å². The van der Waals surface area contributed by atoms with E-state index in [0.717, 1.165) is 24.3 Å². The summed E-state index contributed by atoms with van der Waals surface area (Å²) in [7, 11) is 0. The lowest BCUT2D eigenvalue weighted by atomic mass is 10.0. The lowest BCUT2D eigenvalue weighted by Gasteiger charge is -2.30. The van der Waals surface area contributed by atoms with Crippen molar-refractivity contribution in [1.29, 1.82) is 0 Å². The molecule has 18 heavy (non-hydrogen) atoms. The predicted molar refractivity (Wildman–Crippen MR) is 74.7 cm³/mol. The summed E-state index contributed by atoms with van der Waals surface area (Å²) < 4.78 is 0. The van der Waals surface area contributed by atoms with Crippen LogP contribution in [0.15, 0.2) is 18.2 Å². The van der Waals surface area contributed by atoms with Gasteiger partial charge in [0.25, 0.3) is 0 Å². The molecule has 4 nitrogen and oxygen atoms in total. The standard InChI is InChI=1S/C14H21N3O/c1-10(2)16-7-8-17-13-5-4-12(15)9-11(13)3-6-14(17)18/h4-5,9-10,16H,3,6-8,15H2,1-2H3. The number of nitrogens with one attached hydrogen (secondary N) is 1. The summed E-state index contributed by atoms with van der Waals surface area (Å²) in [6.07, 6.45) is 1.38. The molecule has 0 aromatic heterocycles. The number of anilines is 2. The predicted octanol–water partition coefficient (Wildman–Crippen LogP) is 1.55. The van der Waals surface area contributed by atoms with Crippen LogP contribution in [-0.2, 0) is 11.2 Å². The van der Waals surface area contributed by atoms with Crippen molar-refractivity contribution in [3.8, 4) is 0 Å². The third-order valence-corrected chi connectivity index (χ3v) is 3.19. The SMILES string of the molecule is CC(C)NCCN1C(=O)CCc2cc(N)ccc21. The summed E-state index contributed by atoms with van der Waals surface area (Å²) in [5, 5.41) is 3.34. The van der Waals surface area contributed by atoms with Crippen molar-refractivity contribution in [3.05, 3.63) is 23.8 Å². The number of rotatable bonds is 4. The van der Waals surface area contributed by atoms with Gasteiger partial charge in [0, 0.05) is 36.9 Å². The highest BCUT2D eigenvalue weighted by Crippen LogP contribution is 2.29. The van der Waals surface area contributed by atoms with E-state index >= 15 is 0 Å². The van der Waals surface area contributed by atoms with Gasteiger partial charge in [0.15, 0.2) is 0 Å². The van der Waals surface area contributed by atoms with Gasteiger partial charge >= 0.3 is 0 Å². The Morgan fingerprint density at radius 3 is 2.89 bits per heavy atom. The molecule has 1 aliphatic rings. The summed E-state index contributed by atoms with van der Waals surface area (Å²) in [6.45, 7) is 5.74. The zero-order valence-corrected chi connectivity index (χ0v) is 11.1. The fourth-order valence-electron chi connectivity index (χ4n) is 2.29. The fraction of sp³-hybridized carbons (Fsp3) is 0.500. The maximum Gasteiger partial charge on any atom is 0.227 e. The molecule has 0 radical (unpaired) electrons. The number of carbonyl (C=O) groups excluding carboxylic acids is 1. The molecule has 0 fully saturated rings. The molecule has 0 spiro atoms. The van der Waals surface area contributed by atoms with Crippen LogP contribution in [0.5, 0.6) is 0 Å². The van der Waals surface area contributed by atoms with Crippen molar-refractivity contribution in [3.63, 3.8) is 0 Å². The van der Waals surface area contributed by atoms with Crippen molar-refractivity contribution < 1.29 is 4.79 Å². The van der Waals surface area contributed by atoms with Gasteiger partial charge in [0.1, 0.15) is 0 Å². The summed E-state index contributed by atoms with van der Waals surface area (Å²) in [5.74, 6) is 0.206. The maximum absolute atomic E-state index is 12.0. The minimum Gasteiger partial charge on any atom is -0.399 e. The van der Waals surface area contributed by atoms with Crippen LogP contribution < -0.4 is 16.0 Å². The highest BCUT2D eigenvalue weighted by molar-refractivity contribution is 5.96. The van der Waals surface area contributed by atoms with E-state index < -0.39 is 0 Å². The van der Waals surface area contributed by atoms with E-state index in [0.29, 0.717) is 19.0 Å². The van der Waals surface area contributed by atoms with Crippen molar-refractivity contribution in [2.45, 2.75) is 32.7 Å². The van der Waals surface area contributed by atoms with Gasteiger partial charge in [0.2, 0.25) is 5.91 Å². The Hall–Kier alpha value is -1.55. The van der Waals surface area contributed by atoms with Gasteiger partial charge in [-0.1, -0.05) is 13.8 Å². The van der Waals surface area contributed by atoms with E-state index in [2.05, 4.69) is 19.2 Å². The minimum atomic E-state index is 0.206. The first-order chi connectivity index (χ1) is 8.58. The lowest BCUT2D eigenvalue weighted by molar-refractivity contribution is -0.118. The van der Waals surface area contributed by atoms with E-state index in [9.17, 15) is 4.79 Å². The summed E-state index contributed by atoms with van der Waals surface area (Å²) in [4.78, 5) is 13.9. The van der Waals surface area contributed by atoms with Crippen LogP contribution in [0, 0.1) is 0 Å². The maximum atomic E-state index is 12.0. The Balaban J connectivity index is 2.12. The summed E-state index contributed by atoms with van der Waals surface area (Å²) >= 11 is 0. The molecular formula is C14H21N3O.